The van der Waals surface area contributed by atoms with Crippen LogP contribution in [0.5, 0.6) is 0 Å². The number of benzene rings is 1. The van der Waals surface area contributed by atoms with Crippen LogP contribution in [0.2, 0.25) is 0 Å². The van der Waals surface area contributed by atoms with Gasteiger partial charge in [0, 0.05) is 37.2 Å². The predicted octanol–water partition coefficient (Wildman–Crippen LogP) is 3.72. The number of rotatable bonds is 2. The molecule has 0 radical (unpaired) electrons. The van der Waals surface area contributed by atoms with Crippen molar-refractivity contribution in [2.75, 3.05) is 13.1 Å². The van der Waals surface area contributed by atoms with E-state index in [9.17, 15) is 4.79 Å². The van der Waals surface area contributed by atoms with Crippen molar-refractivity contribution >= 4 is 11.6 Å². The van der Waals surface area contributed by atoms with Gasteiger partial charge in [-0.25, -0.2) is 4.98 Å². The zero-order valence-electron chi connectivity index (χ0n) is 14.5. The molecular weight excluding hydrogens is 312 g/mol. The summed E-state index contributed by atoms with van der Waals surface area (Å²) in [4.78, 5) is 23.9. The highest BCUT2D eigenvalue weighted by Crippen LogP contribution is 2.23. The van der Waals surface area contributed by atoms with E-state index in [1.54, 1.807) is 6.20 Å². The summed E-state index contributed by atoms with van der Waals surface area (Å²) < 4.78 is 1.90. The minimum absolute atomic E-state index is 0.0282. The average Bonchev–Trinajstić information content (AvgIpc) is 2.88. The van der Waals surface area contributed by atoms with E-state index < -0.39 is 0 Å². The van der Waals surface area contributed by atoms with Crippen LogP contribution in [0.4, 0.5) is 0 Å². The van der Waals surface area contributed by atoms with Crippen LogP contribution in [-0.4, -0.2) is 38.3 Å². The van der Waals surface area contributed by atoms with Gasteiger partial charge in [-0.2, -0.15) is 0 Å². The van der Waals surface area contributed by atoms with Crippen LogP contribution in [0.15, 0.2) is 42.9 Å². The summed E-state index contributed by atoms with van der Waals surface area (Å²) in [5, 5.41) is 0. The van der Waals surface area contributed by atoms with Crippen LogP contribution in [0, 0.1) is 6.92 Å². The van der Waals surface area contributed by atoms with Crippen LogP contribution >= 0.6 is 0 Å². The maximum Gasteiger partial charge on any atom is 0.274 e. The second kappa shape index (κ2) is 6.67. The molecule has 0 aliphatic carbocycles. The Morgan fingerprint density at radius 1 is 1.04 bits per heavy atom. The van der Waals surface area contributed by atoms with Crippen LogP contribution < -0.4 is 0 Å². The number of carbonyl (C=O) groups excluding carboxylic acids is 1. The number of aromatic nitrogens is 3. The molecule has 1 fully saturated rings. The number of hydrogen-bond donors (Lipinski definition) is 0. The van der Waals surface area contributed by atoms with E-state index in [0.717, 1.165) is 42.8 Å². The van der Waals surface area contributed by atoms with Gasteiger partial charge in [-0.05, 0) is 19.8 Å². The number of fused-ring (bicyclic) bond motifs is 1. The van der Waals surface area contributed by atoms with Crippen molar-refractivity contribution in [3.63, 3.8) is 0 Å². The summed E-state index contributed by atoms with van der Waals surface area (Å²) in [5.41, 5.74) is 4.25. The average molecular weight is 334 g/mol. The molecule has 0 atom stereocenters. The monoisotopic (exact) mass is 334 g/mol. The molecule has 0 N–H and O–H groups in total. The third-order valence-electron chi connectivity index (χ3n) is 4.81. The third kappa shape index (κ3) is 3.14. The van der Waals surface area contributed by atoms with Gasteiger partial charge in [0.2, 0.25) is 0 Å². The van der Waals surface area contributed by atoms with E-state index in [4.69, 9.17) is 0 Å². The van der Waals surface area contributed by atoms with E-state index in [1.165, 1.54) is 18.4 Å². The number of amides is 1. The lowest BCUT2D eigenvalue weighted by Gasteiger charge is -2.18. The second-order valence-electron chi connectivity index (χ2n) is 6.71. The molecule has 1 aromatic carbocycles. The second-order valence-corrected chi connectivity index (χ2v) is 6.71. The van der Waals surface area contributed by atoms with Crippen molar-refractivity contribution in [1.82, 2.24) is 19.3 Å². The van der Waals surface area contributed by atoms with Gasteiger partial charge in [0.1, 0.15) is 11.4 Å². The summed E-state index contributed by atoms with van der Waals surface area (Å²) >= 11 is 0. The lowest BCUT2D eigenvalue weighted by Crippen LogP contribution is -2.32. The normalized spacial score (nSPS) is 15.3. The summed E-state index contributed by atoms with van der Waals surface area (Å²) in [6.07, 6.45) is 9.99. The topological polar surface area (TPSA) is 50.5 Å². The van der Waals surface area contributed by atoms with Crippen molar-refractivity contribution in [3.05, 3.63) is 54.1 Å². The standard InChI is InChI=1S/C20H22N4O/c1-15-6-8-16(9-7-15)18-19-22-17(14-24(19)13-10-21-18)20(25)23-11-4-2-3-5-12-23/h6-10,13-14H,2-5,11-12H2,1H3. The fraction of sp³-hybridized carbons (Fsp3) is 0.350. The largest absolute Gasteiger partial charge is 0.337 e. The molecule has 128 valence electrons. The quantitative estimate of drug-likeness (QED) is 0.718. The molecule has 1 aliphatic rings. The minimum Gasteiger partial charge on any atom is -0.337 e. The Morgan fingerprint density at radius 3 is 2.48 bits per heavy atom. The lowest BCUT2D eigenvalue weighted by atomic mass is 10.1. The highest BCUT2D eigenvalue weighted by molar-refractivity contribution is 5.93. The van der Waals surface area contributed by atoms with Crippen molar-refractivity contribution < 1.29 is 4.79 Å². The SMILES string of the molecule is Cc1ccc(-c2nccn3cc(C(=O)N4CCCCCC4)nc23)cc1. The summed E-state index contributed by atoms with van der Waals surface area (Å²) in [5.74, 6) is 0.0282. The first-order valence-corrected chi connectivity index (χ1v) is 8.92. The lowest BCUT2D eigenvalue weighted by molar-refractivity contribution is 0.0756. The highest BCUT2D eigenvalue weighted by atomic mass is 16.2. The van der Waals surface area contributed by atoms with E-state index >= 15 is 0 Å². The summed E-state index contributed by atoms with van der Waals surface area (Å²) in [7, 11) is 0. The first-order chi connectivity index (χ1) is 12.2. The Balaban J connectivity index is 1.71. The molecule has 0 spiro atoms. The van der Waals surface area contributed by atoms with Gasteiger partial charge in [-0.15, -0.1) is 0 Å². The Kier molecular flexibility index (Phi) is 4.22. The molecular formula is C20H22N4O. The van der Waals surface area contributed by atoms with Gasteiger partial charge < -0.3 is 9.30 Å². The van der Waals surface area contributed by atoms with Crippen LogP contribution in [-0.2, 0) is 0 Å². The Bertz CT molecular complexity index is 890. The van der Waals surface area contributed by atoms with Gasteiger partial charge in [0.25, 0.3) is 5.91 Å². The Labute approximate surface area is 147 Å². The first kappa shape index (κ1) is 15.8. The molecule has 25 heavy (non-hydrogen) atoms. The van der Waals surface area contributed by atoms with E-state index in [-0.39, 0.29) is 5.91 Å². The number of carbonyl (C=O) groups is 1. The van der Waals surface area contributed by atoms with Gasteiger partial charge in [0.05, 0.1) is 0 Å². The maximum atomic E-state index is 12.8. The number of likely N-dealkylation sites (tertiary alicyclic amines) is 1. The van der Waals surface area contributed by atoms with Crippen molar-refractivity contribution in [1.29, 1.82) is 0 Å². The molecule has 2 aromatic heterocycles. The molecule has 3 heterocycles. The number of nitrogens with zero attached hydrogens (tertiary/aromatic N) is 4. The Morgan fingerprint density at radius 2 is 1.76 bits per heavy atom. The van der Waals surface area contributed by atoms with Crippen molar-refractivity contribution in [2.45, 2.75) is 32.6 Å². The van der Waals surface area contributed by atoms with Gasteiger partial charge in [0.15, 0.2) is 5.65 Å². The van der Waals surface area contributed by atoms with Crippen molar-refractivity contribution in [2.24, 2.45) is 0 Å². The molecule has 5 heteroatoms. The molecule has 1 saturated heterocycles. The predicted molar refractivity (Wildman–Crippen MR) is 97.5 cm³/mol. The van der Waals surface area contributed by atoms with Gasteiger partial charge in [-0.1, -0.05) is 42.7 Å². The molecule has 5 nitrogen and oxygen atoms in total. The first-order valence-electron chi connectivity index (χ1n) is 8.92. The summed E-state index contributed by atoms with van der Waals surface area (Å²) in [6.45, 7) is 3.72. The maximum absolute atomic E-state index is 12.8. The fourth-order valence-corrected chi connectivity index (χ4v) is 3.37. The van der Waals surface area contributed by atoms with E-state index in [0.29, 0.717) is 5.69 Å². The molecule has 1 aliphatic heterocycles. The van der Waals surface area contributed by atoms with Crippen LogP contribution in [0.1, 0.15) is 41.7 Å². The molecule has 0 bridgehead atoms. The number of hydrogen-bond acceptors (Lipinski definition) is 3. The number of aryl methyl sites for hydroxylation is 1. The van der Waals surface area contributed by atoms with Crippen molar-refractivity contribution in [3.8, 4) is 11.3 Å². The zero-order chi connectivity index (χ0) is 17.2. The van der Waals surface area contributed by atoms with Gasteiger partial charge >= 0.3 is 0 Å². The molecule has 3 aromatic rings. The van der Waals surface area contributed by atoms with Gasteiger partial charge in [-0.3, -0.25) is 9.78 Å². The molecule has 4 rings (SSSR count). The third-order valence-corrected chi connectivity index (χ3v) is 4.81. The Hall–Kier alpha value is -2.69. The molecule has 0 saturated carbocycles. The molecule has 1 amide bonds. The number of imidazole rings is 1. The zero-order valence-corrected chi connectivity index (χ0v) is 14.5. The highest BCUT2D eigenvalue weighted by Gasteiger charge is 2.21. The smallest absolute Gasteiger partial charge is 0.274 e. The van der Waals surface area contributed by atoms with Crippen LogP contribution in [0.25, 0.3) is 16.9 Å². The summed E-state index contributed by atoms with van der Waals surface area (Å²) in [6, 6.07) is 8.21. The molecule has 0 unspecified atom stereocenters. The van der Waals surface area contributed by atoms with Crippen LogP contribution in [0.3, 0.4) is 0 Å². The van der Waals surface area contributed by atoms with E-state index in [1.807, 2.05) is 33.8 Å². The minimum atomic E-state index is 0.0282. The fourth-order valence-electron chi connectivity index (χ4n) is 3.37. The van der Waals surface area contributed by atoms with E-state index in [2.05, 4.69) is 29.0 Å².